The molecule has 32 heavy (non-hydrogen) atoms. The zero-order chi connectivity index (χ0) is 22.7. The van der Waals surface area contributed by atoms with E-state index in [1.807, 2.05) is 68.4 Å². The van der Waals surface area contributed by atoms with Crippen molar-refractivity contribution in [1.29, 1.82) is 0 Å². The summed E-state index contributed by atoms with van der Waals surface area (Å²) in [6, 6.07) is 17.8. The second-order valence-electron chi connectivity index (χ2n) is 7.15. The van der Waals surface area contributed by atoms with Gasteiger partial charge in [0.05, 0.1) is 28.2 Å². The van der Waals surface area contributed by atoms with Gasteiger partial charge in [0.1, 0.15) is 0 Å². The molecule has 0 aromatic heterocycles. The molecule has 1 fully saturated rings. The van der Waals surface area contributed by atoms with Gasteiger partial charge in [-0.05, 0) is 94.4 Å². The van der Waals surface area contributed by atoms with Crippen LogP contribution in [0.25, 0.3) is 16.8 Å². The highest BCUT2D eigenvalue weighted by molar-refractivity contribution is 14.1. The molecule has 0 saturated carbocycles. The van der Waals surface area contributed by atoms with E-state index in [0.29, 0.717) is 29.6 Å². The quantitative estimate of drug-likeness (QED) is 0.245. The lowest BCUT2D eigenvalue weighted by molar-refractivity contribution is -0.123. The van der Waals surface area contributed by atoms with Crippen molar-refractivity contribution in [3.8, 4) is 11.5 Å². The van der Waals surface area contributed by atoms with Crippen LogP contribution in [-0.2, 0) is 11.3 Å². The Labute approximate surface area is 204 Å². The number of halogens is 1. The van der Waals surface area contributed by atoms with Crippen molar-refractivity contribution in [2.75, 3.05) is 13.2 Å². The number of rotatable bonds is 7. The van der Waals surface area contributed by atoms with Crippen LogP contribution in [0.5, 0.6) is 11.5 Å². The number of carbonyl (C=O) groups is 2. The first-order chi connectivity index (χ1) is 15.5. The summed E-state index contributed by atoms with van der Waals surface area (Å²) >= 11 is 3.16. The SMILES string of the molecule is CCOc1cc(/C=C2\SC(=O)N(Cc3ccc4ccccc4c3)C2=O)cc(I)c1OCC. The number of fused-ring (bicyclic) bond motifs is 1. The third kappa shape index (κ3) is 4.78. The van der Waals surface area contributed by atoms with E-state index in [2.05, 4.69) is 22.6 Å². The molecule has 5 nitrogen and oxygen atoms in total. The smallest absolute Gasteiger partial charge is 0.293 e. The van der Waals surface area contributed by atoms with Crippen molar-refractivity contribution >= 4 is 62.3 Å². The van der Waals surface area contributed by atoms with Gasteiger partial charge in [0, 0.05) is 0 Å². The summed E-state index contributed by atoms with van der Waals surface area (Å²) in [5.41, 5.74) is 1.71. The molecular formula is C25H22INO4S. The summed E-state index contributed by atoms with van der Waals surface area (Å²) in [5.74, 6) is 1.04. The van der Waals surface area contributed by atoms with E-state index in [4.69, 9.17) is 9.47 Å². The zero-order valence-electron chi connectivity index (χ0n) is 17.8. The fourth-order valence-corrected chi connectivity index (χ4v) is 5.15. The van der Waals surface area contributed by atoms with Gasteiger partial charge in [-0.15, -0.1) is 0 Å². The number of carbonyl (C=O) groups excluding carboxylic acids is 2. The number of ether oxygens (including phenoxy) is 2. The maximum absolute atomic E-state index is 13.0. The number of benzene rings is 3. The Bertz CT molecular complexity index is 1220. The average Bonchev–Trinajstić information content (AvgIpc) is 3.03. The molecule has 0 spiro atoms. The van der Waals surface area contributed by atoms with Gasteiger partial charge in [-0.1, -0.05) is 36.4 Å². The molecule has 1 aliphatic rings. The van der Waals surface area contributed by atoms with Gasteiger partial charge in [0.2, 0.25) is 0 Å². The highest BCUT2D eigenvalue weighted by Gasteiger charge is 2.35. The number of nitrogens with zero attached hydrogens (tertiary/aromatic N) is 1. The van der Waals surface area contributed by atoms with Gasteiger partial charge in [-0.25, -0.2) is 0 Å². The van der Waals surface area contributed by atoms with Crippen LogP contribution in [0.1, 0.15) is 25.0 Å². The van der Waals surface area contributed by atoms with E-state index in [1.165, 1.54) is 4.90 Å². The average molecular weight is 559 g/mol. The predicted molar refractivity (Wildman–Crippen MR) is 137 cm³/mol. The van der Waals surface area contributed by atoms with Crippen LogP contribution in [0.15, 0.2) is 59.5 Å². The van der Waals surface area contributed by atoms with Gasteiger partial charge in [0.25, 0.3) is 11.1 Å². The third-order valence-electron chi connectivity index (χ3n) is 4.95. The number of hydrogen-bond donors (Lipinski definition) is 0. The van der Waals surface area contributed by atoms with E-state index < -0.39 is 0 Å². The normalized spacial score (nSPS) is 15.1. The summed E-state index contributed by atoms with van der Waals surface area (Å²) < 4.78 is 12.3. The number of thioether (sulfide) groups is 1. The van der Waals surface area contributed by atoms with Gasteiger partial charge in [-0.2, -0.15) is 0 Å². The molecule has 164 valence electrons. The molecule has 1 heterocycles. The number of imide groups is 1. The summed E-state index contributed by atoms with van der Waals surface area (Å²) in [4.78, 5) is 27.3. The molecule has 4 rings (SSSR count). The van der Waals surface area contributed by atoms with Crippen molar-refractivity contribution in [3.63, 3.8) is 0 Å². The summed E-state index contributed by atoms with van der Waals surface area (Å²) in [7, 11) is 0. The monoisotopic (exact) mass is 559 g/mol. The standard InChI is InChI=1S/C25H22INO4S/c1-3-30-21-13-17(12-20(26)23(21)31-4-2)14-22-24(28)27(25(29)32-22)15-16-9-10-18-7-5-6-8-19(18)11-16/h5-14H,3-4,15H2,1-2H3/b22-14-. The Morgan fingerprint density at radius 3 is 2.47 bits per heavy atom. The Morgan fingerprint density at radius 2 is 1.72 bits per heavy atom. The lowest BCUT2D eigenvalue weighted by Gasteiger charge is -2.14. The van der Waals surface area contributed by atoms with E-state index in [9.17, 15) is 9.59 Å². The fourth-order valence-electron chi connectivity index (χ4n) is 3.53. The molecule has 0 bridgehead atoms. The number of hydrogen-bond acceptors (Lipinski definition) is 5. The summed E-state index contributed by atoms with van der Waals surface area (Å²) in [6.07, 6.45) is 1.74. The van der Waals surface area contributed by atoms with Crippen LogP contribution in [0.3, 0.4) is 0 Å². The number of amides is 2. The van der Waals surface area contributed by atoms with E-state index in [1.54, 1.807) is 6.08 Å². The summed E-state index contributed by atoms with van der Waals surface area (Å²) in [6.45, 7) is 5.11. The minimum Gasteiger partial charge on any atom is -0.490 e. The third-order valence-corrected chi connectivity index (χ3v) is 6.65. The van der Waals surface area contributed by atoms with Crippen LogP contribution in [-0.4, -0.2) is 29.3 Å². The molecule has 0 aliphatic carbocycles. The van der Waals surface area contributed by atoms with Crippen molar-refractivity contribution in [2.24, 2.45) is 0 Å². The maximum Gasteiger partial charge on any atom is 0.293 e. The maximum atomic E-state index is 13.0. The molecule has 7 heteroatoms. The second kappa shape index (κ2) is 9.95. The summed E-state index contributed by atoms with van der Waals surface area (Å²) in [5, 5.41) is 1.94. The molecule has 3 aromatic carbocycles. The lowest BCUT2D eigenvalue weighted by atomic mass is 10.1. The zero-order valence-corrected chi connectivity index (χ0v) is 20.7. The molecule has 2 amide bonds. The first-order valence-electron chi connectivity index (χ1n) is 10.3. The molecule has 0 N–H and O–H groups in total. The predicted octanol–water partition coefficient (Wildman–Crippen LogP) is 6.48. The van der Waals surface area contributed by atoms with Crippen LogP contribution in [0.2, 0.25) is 0 Å². The van der Waals surface area contributed by atoms with Crippen molar-refractivity contribution < 1.29 is 19.1 Å². The first kappa shape index (κ1) is 22.7. The lowest BCUT2D eigenvalue weighted by Crippen LogP contribution is -2.27. The molecule has 0 atom stereocenters. The van der Waals surface area contributed by atoms with Crippen LogP contribution >= 0.6 is 34.4 Å². The molecule has 0 unspecified atom stereocenters. The largest absolute Gasteiger partial charge is 0.490 e. The van der Waals surface area contributed by atoms with Crippen molar-refractivity contribution in [1.82, 2.24) is 4.90 Å². The van der Waals surface area contributed by atoms with Gasteiger partial charge in [0.15, 0.2) is 11.5 Å². The minimum atomic E-state index is -0.282. The Balaban J connectivity index is 1.59. The first-order valence-corrected chi connectivity index (χ1v) is 12.2. The Kier molecular flexibility index (Phi) is 7.05. The van der Waals surface area contributed by atoms with Crippen molar-refractivity contribution in [2.45, 2.75) is 20.4 Å². The van der Waals surface area contributed by atoms with E-state index in [-0.39, 0.29) is 17.7 Å². The fraction of sp³-hybridized carbons (Fsp3) is 0.200. The van der Waals surface area contributed by atoms with E-state index in [0.717, 1.165) is 37.2 Å². The van der Waals surface area contributed by atoms with Crippen LogP contribution < -0.4 is 9.47 Å². The van der Waals surface area contributed by atoms with Gasteiger partial charge >= 0.3 is 0 Å². The molecule has 0 radical (unpaired) electrons. The second-order valence-corrected chi connectivity index (χ2v) is 9.30. The molecular weight excluding hydrogens is 537 g/mol. The Morgan fingerprint density at radius 1 is 0.969 bits per heavy atom. The van der Waals surface area contributed by atoms with Crippen molar-refractivity contribution in [3.05, 3.63) is 74.2 Å². The highest BCUT2D eigenvalue weighted by Crippen LogP contribution is 2.38. The minimum absolute atomic E-state index is 0.248. The van der Waals surface area contributed by atoms with E-state index >= 15 is 0 Å². The van der Waals surface area contributed by atoms with Gasteiger partial charge < -0.3 is 9.47 Å². The van der Waals surface area contributed by atoms with Gasteiger partial charge in [-0.3, -0.25) is 14.5 Å². The Hall–Kier alpha value is -2.52. The van der Waals surface area contributed by atoms with Crippen LogP contribution in [0.4, 0.5) is 4.79 Å². The highest BCUT2D eigenvalue weighted by atomic mass is 127. The molecule has 1 aliphatic heterocycles. The molecule has 3 aromatic rings. The van der Waals surface area contributed by atoms with Crippen LogP contribution in [0, 0.1) is 3.57 Å². The topological polar surface area (TPSA) is 55.8 Å². The molecule has 1 saturated heterocycles.